The van der Waals surface area contributed by atoms with Gasteiger partial charge in [-0.3, -0.25) is 9.59 Å². The maximum atomic E-state index is 13.7. The molecule has 0 radical (unpaired) electrons. The number of aryl methyl sites for hydroxylation is 1. The van der Waals surface area contributed by atoms with E-state index in [2.05, 4.69) is 11.4 Å². The largest absolute Gasteiger partial charge is 0.491 e. The standard InChI is InChI=1S/C28H30N2O6S/c1-19-5-3-4-6-23(19)34-17-22-21-10-14-37-26(21)9-11-30(22)27(31)16-29(12-13-33-2)28(32)20-7-8-24-25(15-20)36-18-35-24/h3-8,10,14-15,22H,9,11-13,16-18H2,1-2H3/t22-/m0/s1. The van der Waals surface area contributed by atoms with E-state index in [4.69, 9.17) is 18.9 Å². The predicted molar refractivity (Wildman–Crippen MR) is 139 cm³/mol. The van der Waals surface area contributed by atoms with Crippen LogP contribution in [0.5, 0.6) is 17.2 Å². The summed E-state index contributed by atoms with van der Waals surface area (Å²) in [5, 5.41) is 2.06. The summed E-state index contributed by atoms with van der Waals surface area (Å²) < 4.78 is 22.2. The number of amides is 2. The van der Waals surface area contributed by atoms with Crippen molar-refractivity contribution in [2.45, 2.75) is 19.4 Å². The molecule has 0 spiro atoms. The lowest BCUT2D eigenvalue weighted by Gasteiger charge is -2.37. The second kappa shape index (κ2) is 11.2. The quantitative estimate of drug-likeness (QED) is 0.422. The van der Waals surface area contributed by atoms with Crippen molar-refractivity contribution in [3.63, 3.8) is 0 Å². The molecule has 9 heteroatoms. The predicted octanol–water partition coefficient (Wildman–Crippen LogP) is 4.08. The summed E-state index contributed by atoms with van der Waals surface area (Å²) in [6.45, 7) is 3.60. The van der Waals surface area contributed by atoms with E-state index in [-0.39, 0.29) is 37.7 Å². The fourth-order valence-electron chi connectivity index (χ4n) is 4.68. The van der Waals surface area contributed by atoms with E-state index >= 15 is 0 Å². The van der Waals surface area contributed by atoms with Gasteiger partial charge in [0.2, 0.25) is 12.7 Å². The Bertz CT molecular complexity index is 1280. The van der Waals surface area contributed by atoms with Gasteiger partial charge in [-0.1, -0.05) is 18.2 Å². The number of fused-ring (bicyclic) bond motifs is 2. The Hall–Kier alpha value is -3.56. The summed E-state index contributed by atoms with van der Waals surface area (Å²) in [7, 11) is 1.58. The van der Waals surface area contributed by atoms with E-state index in [0.717, 1.165) is 23.3 Å². The molecular weight excluding hydrogens is 492 g/mol. The van der Waals surface area contributed by atoms with E-state index in [9.17, 15) is 9.59 Å². The number of rotatable bonds is 9. The van der Waals surface area contributed by atoms with Crippen LogP contribution in [-0.4, -0.2) is 68.4 Å². The molecular formula is C28H30N2O6S. The average molecular weight is 523 g/mol. The van der Waals surface area contributed by atoms with Crippen LogP contribution in [0.4, 0.5) is 0 Å². The summed E-state index contributed by atoms with van der Waals surface area (Å²) in [5.74, 6) is 1.55. The van der Waals surface area contributed by atoms with Crippen LogP contribution in [0.3, 0.4) is 0 Å². The van der Waals surface area contributed by atoms with E-state index in [1.54, 1.807) is 36.6 Å². The molecule has 2 aliphatic heterocycles. The highest BCUT2D eigenvalue weighted by atomic mass is 32.1. The van der Waals surface area contributed by atoms with Crippen LogP contribution in [0.15, 0.2) is 53.9 Å². The van der Waals surface area contributed by atoms with Crippen molar-refractivity contribution in [1.29, 1.82) is 0 Å². The summed E-state index contributed by atoms with van der Waals surface area (Å²) >= 11 is 1.71. The molecule has 0 aliphatic carbocycles. The van der Waals surface area contributed by atoms with Gasteiger partial charge in [-0.25, -0.2) is 0 Å². The third kappa shape index (κ3) is 5.42. The Morgan fingerprint density at radius 1 is 1.14 bits per heavy atom. The first-order valence-electron chi connectivity index (χ1n) is 12.3. The number of thiophene rings is 1. The summed E-state index contributed by atoms with van der Waals surface area (Å²) in [6.07, 6.45) is 0.785. The molecule has 5 rings (SSSR count). The molecule has 1 aromatic heterocycles. The second-order valence-electron chi connectivity index (χ2n) is 9.02. The number of carbonyl (C=O) groups excluding carboxylic acids is 2. The van der Waals surface area contributed by atoms with Crippen LogP contribution in [-0.2, 0) is 16.0 Å². The normalized spacial score (nSPS) is 15.8. The molecule has 8 nitrogen and oxygen atoms in total. The lowest BCUT2D eigenvalue weighted by Crippen LogP contribution is -2.48. The minimum absolute atomic E-state index is 0.0586. The van der Waals surface area contributed by atoms with Crippen LogP contribution in [0, 0.1) is 6.92 Å². The van der Waals surface area contributed by atoms with Crippen molar-refractivity contribution in [3.05, 3.63) is 75.5 Å². The molecule has 3 aromatic rings. The summed E-state index contributed by atoms with van der Waals surface area (Å²) in [4.78, 5) is 31.8. The Kier molecular flexibility index (Phi) is 7.62. The summed E-state index contributed by atoms with van der Waals surface area (Å²) in [6, 6.07) is 14.8. The SMILES string of the molecule is COCCN(CC(=O)N1CCc2sccc2[C@@H]1COc1ccccc1C)C(=O)c1ccc2c(c1)OCO2. The van der Waals surface area contributed by atoms with Gasteiger partial charge >= 0.3 is 0 Å². The minimum atomic E-state index is -0.260. The Labute approximate surface area is 220 Å². The fourth-order valence-corrected chi connectivity index (χ4v) is 5.61. The number of hydrogen-bond donors (Lipinski definition) is 0. The highest BCUT2D eigenvalue weighted by Gasteiger charge is 2.34. The molecule has 0 fully saturated rings. The highest BCUT2D eigenvalue weighted by Crippen LogP contribution is 2.35. The average Bonchev–Trinajstić information content (AvgIpc) is 3.59. The third-order valence-electron chi connectivity index (χ3n) is 6.70. The van der Waals surface area contributed by atoms with Crippen LogP contribution >= 0.6 is 11.3 Å². The molecule has 1 atom stereocenters. The molecule has 3 heterocycles. The molecule has 0 saturated carbocycles. The van der Waals surface area contributed by atoms with Gasteiger partial charge in [-0.05, 0) is 60.2 Å². The van der Waals surface area contributed by atoms with Crippen LogP contribution in [0.2, 0.25) is 0 Å². The summed E-state index contributed by atoms with van der Waals surface area (Å²) in [5.41, 5.74) is 2.59. The van der Waals surface area contributed by atoms with Crippen molar-refractivity contribution in [2.75, 3.05) is 46.8 Å². The van der Waals surface area contributed by atoms with E-state index in [1.165, 1.54) is 9.78 Å². The molecule has 2 amide bonds. The highest BCUT2D eigenvalue weighted by molar-refractivity contribution is 7.10. The van der Waals surface area contributed by atoms with Gasteiger partial charge in [0, 0.05) is 30.6 Å². The van der Waals surface area contributed by atoms with Crippen molar-refractivity contribution in [1.82, 2.24) is 9.80 Å². The number of ether oxygens (including phenoxy) is 4. The zero-order chi connectivity index (χ0) is 25.8. The first-order chi connectivity index (χ1) is 18.0. The van der Waals surface area contributed by atoms with Crippen LogP contribution in [0.1, 0.15) is 32.4 Å². The Morgan fingerprint density at radius 3 is 2.81 bits per heavy atom. The first-order valence-corrected chi connectivity index (χ1v) is 13.1. The van der Waals surface area contributed by atoms with Gasteiger partial charge in [0.05, 0.1) is 12.6 Å². The number of carbonyl (C=O) groups is 2. The number of nitrogens with zero attached hydrogens (tertiary/aromatic N) is 2. The number of benzene rings is 2. The zero-order valence-electron chi connectivity index (χ0n) is 21.0. The first kappa shape index (κ1) is 25.1. The Balaban J connectivity index is 1.34. The number of methoxy groups -OCH3 is 1. The van der Waals surface area contributed by atoms with Gasteiger partial charge in [0.15, 0.2) is 11.5 Å². The topological polar surface area (TPSA) is 77.5 Å². The molecule has 2 aliphatic rings. The van der Waals surface area contributed by atoms with Gasteiger partial charge < -0.3 is 28.7 Å². The zero-order valence-corrected chi connectivity index (χ0v) is 21.8. The van der Waals surface area contributed by atoms with Crippen LogP contribution < -0.4 is 14.2 Å². The lowest BCUT2D eigenvalue weighted by atomic mass is 10.00. The van der Waals surface area contributed by atoms with E-state index in [0.29, 0.717) is 36.8 Å². The van der Waals surface area contributed by atoms with Crippen molar-refractivity contribution in [2.24, 2.45) is 0 Å². The van der Waals surface area contributed by atoms with E-state index in [1.807, 2.05) is 36.1 Å². The molecule has 0 bridgehead atoms. The number of hydrogen-bond acceptors (Lipinski definition) is 7. The maximum Gasteiger partial charge on any atom is 0.254 e. The molecule has 37 heavy (non-hydrogen) atoms. The third-order valence-corrected chi connectivity index (χ3v) is 7.70. The monoisotopic (exact) mass is 522 g/mol. The lowest BCUT2D eigenvalue weighted by molar-refractivity contribution is -0.135. The molecule has 0 N–H and O–H groups in total. The molecule has 2 aromatic carbocycles. The van der Waals surface area contributed by atoms with E-state index < -0.39 is 0 Å². The smallest absolute Gasteiger partial charge is 0.254 e. The fraction of sp³-hybridized carbons (Fsp3) is 0.357. The van der Waals surface area contributed by atoms with Crippen LogP contribution in [0.25, 0.3) is 0 Å². The minimum Gasteiger partial charge on any atom is -0.491 e. The second-order valence-corrected chi connectivity index (χ2v) is 10.0. The van der Waals surface area contributed by atoms with Crippen molar-refractivity contribution < 1.29 is 28.5 Å². The van der Waals surface area contributed by atoms with Gasteiger partial charge in [0.1, 0.15) is 18.9 Å². The molecule has 0 unspecified atom stereocenters. The maximum absolute atomic E-state index is 13.7. The Morgan fingerprint density at radius 2 is 1.97 bits per heavy atom. The van der Waals surface area contributed by atoms with Gasteiger partial charge in [-0.15, -0.1) is 11.3 Å². The van der Waals surface area contributed by atoms with Gasteiger partial charge in [0.25, 0.3) is 5.91 Å². The number of para-hydroxylation sites is 1. The van der Waals surface area contributed by atoms with Gasteiger partial charge in [-0.2, -0.15) is 0 Å². The van der Waals surface area contributed by atoms with Crippen molar-refractivity contribution in [3.8, 4) is 17.2 Å². The molecule has 0 saturated heterocycles. The van der Waals surface area contributed by atoms with Crippen molar-refractivity contribution >= 4 is 23.2 Å². The molecule has 194 valence electrons.